The molecule has 6 heteroatoms. The lowest BCUT2D eigenvalue weighted by molar-refractivity contribution is 1.17. The predicted molar refractivity (Wildman–Crippen MR) is 309 cm³/mol. The lowest BCUT2D eigenvalue weighted by atomic mass is 9.33. The van der Waals surface area contributed by atoms with Crippen LogP contribution in [-0.4, -0.2) is 11.3 Å². The SMILES string of the molecule is Cc1cc(N(c2ccccc2)c2ccccc2)cc2c1B1c3c(cccc3-n3c4ccc(N(c5ccccc5)c5ccccc5)cc4c4cc(N(c5ccccc5)c5ccccc5)cc1c43)N2c1ccccc1. The van der Waals surface area contributed by atoms with Crippen LogP contribution >= 0.6 is 0 Å². The van der Waals surface area contributed by atoms with E-state index < -0.39 is 0 Å². The van der Waals surface area contributed by atoms with Crippen LogP contribution in [0.4, 0.5) is 68.2 Å². The first kappa shape index (κ1) is 42.4. The van der Waals surface area contributed by atoms with E-state index in [0.717, 1.165) is 56.9 Å². The molecule has 14 rings (SSSR count). The van der Waals surface area contributed by atoms with E-state index in [1.54, 1.807) is 0 Å². The van der Waals surface area contributed by atoms with Gasteiger partial charge in [0.2, 0.25) is 0 Å². The summed E-state index contributed by atoms with van der Waals surface area (Å²) in [4.78, 5) is 9.71. The maximum absolute atomic E-state index is 2.57. The van der Waals surface area contributed by atoms with Crippen LogP contribution in [0, 0.1) is 6.92 Å². The Morgan fingerprint density at radius 2 is 0.740 bits per heavy atom. The summed E-state index contributed by atoms with van der Waals surface area (Å²) in [6.45, 7) is 2.22. The minimum absolute atomic E-state index is 0.102. The van der Waals surface area contributed by atoms with Crippen LogP contribution in [0.1, 0.15) is 5.56 Å². The van der Waals surface area contributed by atoms with Crippen molar-refractivity contribution in [2.24, 2.45) is 0 Å². The molecule has 344 valence electrons. The monoisotopic (exact) mass is 933 g/mol. The van der Waals surface area contributed by atoms with E-state index in [-0.39, 0.29) is 6.71 Å². The van der Waals surface area contributed by atoms with Gasteiger partial charge in [0.05, 0.1) is 5.52 Å². The minimum atomic E-state index is -0.102. The third kappa shape index (κ3) is 6.94. The molecule has 0 bridgehead atoms. The Kier molecular flexibility index (Phi) is 10.1. The van der Waals surface area contributed by atoms with Crippen molar-refractivity contribution < 1.29 is 0 Å². The zero-order valence-electron chi connectivity index (χ0n) is 40.3. The summed E-state index contributed by atoms with van der Waals surface area (Å²) in [5.41, 5.74) is 22.1. The number of aryl methyl sites for hydroxylation is 1. The molecule has 12 aromatic rings. The Morgan fingerprint density at radius 1 is 0.315 bits per heavy atom. The first-order valence-corrected chi connectivity index (χ1v) is 25.1. The van der Waals surface area contributed by atoms with Crippen molar-refractivity contribution in [2.45, 2.75) is 6.92 Å². The Labute approximate surface area is 426 Å². The minimum Gasteiger partial charge on any atom is -0.311 e. The summed E-state index contributed by atoms with van der Waals surface area (Å²) in [6, 6.07) is 99.3. The van der Waals surface area contributed by atoms with Crippen LogP contribution in [0.2, 0.25) is 0 Å². The molecule has 0 atom stereocenters. The van der Waals surface area contributed by atoms with Crippen molar-refractivity contribution in [1.82, 2.24) is 4.57 Å². The molecule has 2 aliphatic heterocycles. The molecule has 0 saturated carbocycles. The summed E-state index contributed by atoms with van der Waals surface area (Å²) < 4.78 is 2.57. The molecule has 0 saturated heterocycles. The van der Waals surface area contributed by atoms with Crippen molar-refractivity contribution in [3.8, 4) is 5.69 Å². The van der Waals surface area contributed by atoms with Gasteiger partial charge in [0, 0.05) is 90.2 Å². The second kappa shape index (κ2) is 17.4. The molecule has 73 heavy (non-hydrogen) atoms. The van der Waals surface area contributed by atoms with E-state index in [9.17, 15) is 0 Å². The number of fused-ring (bicyclic) bond motifs is 7. The van der Waals surface area contributed by atoms with E-state index in [0.29, 0.717) is 0 Å². The molecule has 11 aromatic carbocycles. The van der Waals surface area contributed by atoms with Crippen LogP contribution in [0.3, 0.4) is 0 Å². The molecule has 0 radical (unpaired) electrons. The van der Waals surface area contributed by atoms with Crippen LogP contribution in [0.15, 0.2) is 273 Å². The largest absolute Gasteiger partial charge is 0.311 e. The fourth-order valence-electron chi connectivity index (χ4n) is 11.8. The first-order chi connectivity index (χ1) is 36.2. The van der Waals surface area contributed by atoms with Gasteiger partial charge in [0.25, 0.3) is 6.71 Å². The standard InChI is InChI=1S/C67H48BN5/c1-47-42-56(70(50-28-13-4-14-29-50)51-30-15-5-16-31-51)46-64-65(47)68-60-45-57(71(52-32-17-6-18-33-52)53-34-19-7-20-35-53)44-59-58-43-55(69(48-24-9-2-10-25-48)49-26-11-3-12-27-49)40-41-61(58)73(67(59)60)63-39-23-38-62(66(63)68)72(64)54-36-21-8-22-37-54/h2-46H,1H3. The lowest BCUT2D eigenvalue weighted by Crippen LogP contribution is -2.61. The number of nitrogens with zero attached hydrogens (tertiary/aromatic N) is 5. The maximum atomic E-state index is 2.57. The fourth-order valence-corrected chi connectivity index (χ4v) is 11.8. The highest BCUT2D eigenvalue weighted by molar-refractivity contribution is 7.00. The number of anilines is 12. The smallest absolute Gasteiger partial charge is 0.252 e. The van der Waals surface area contributed by atoms with Crippen molar-refractivity contribution in [1.29, 1.82) is 0 Å². The van der Waals surface area contributed by atoms with Crippen molar-refractivity contribution >= 4 is 113 Å². The Hall–Kier alpha value is -9.52. The van der Waals surface area contributed by atoms with Gasteiger partial charge in [-0.25, -0.2) is 0 Å². The molecule has 0 N–H and O–H groups in total. The summed E-state index contributed by atoms with van der Waals surface area (Å²) in [5.74, 6) is 0. The van der Waals surface area contributed by atoms with Crippen LogP contribution in [-0.2, 0) is 0 Å². The van der Waals surface area contributed by atoms with Crippen molar-refractivity contribution in [3.05, 3.63) is 279 Å². The highest BCUT2D eigenvalue weighted by Crippen LogP contribution is 2.47. The Bertz CT molecular complexity index is 3860. The molecule has 3 heterocycles. The number of rotatable bonds is 10. The maximum Gasteiger partial charge on any atom is 0.252 e. The number of benzene rings is 11. The van der Waals surface area contributed by atoms with E-state index in [2.05, 4.69) is 304 Å². The molecule has 0 aliphatic carbocycles. The van der Waals surface area contributed by atoms with E-state index in [1.165, 1.54) is 60.8 Å². The number of hydrogen-bond acceptors (Lipinski definition) is 4. The third-order valence-corrected chi connectivity index (χ3v) is 14.8. The van der Waals surface area contributed by atoms with E-state index >= 15 is 0 Å². The molecule has 0 amide bonds. The number of aromatic nitrogens is 1. The predicted octanol–water partition coefficient (Wildman–Crippen LogP) is 16.1. The summed E-state index contributed by atoms with van der Waals surface area (Å²) in [7, 11) is 0. The second-order valence-electron chi connectivity index (χ2n) is 19.0. The molecule has 0 spiro atoms. The van der Waals surface area contributed by atoms with Crippen LogP contribution in [0.5, 0.6) is 0 Å². The molecule has 0 fully saturated rings. The third-order valence-electron chi connectivity index (χ3n) is 14.8. The topological polar surface area (TPSA) is 17.9 Å². The Morgan fingerprint density at radius 3 is 1.23 bits per heavy atom. The summed E-state index contributed by atoms with van der Waals surface area (Å²) in [6.07, 6.45) is 0. The highest BCUT2D eigenvalue weighted by Gasteiger charge is 2.44. The highest BCUT2D eigenvalue weighted by atomic mass is 15.2. The Balaban J connectivity index is 1.09. The second-order valence-corrected chi connectivity index (χ2v) is 19.0. The van der Waals surface area contributed by atoms with Gasteiger partial charge in [0.1, 0.15) is 0 Å². The number of para-hydroxylation sites is 7. The summed E-state index contributed by atoms with van der Waals surface area (Å²) in [5, 5.41) is 2.40. The van der Waals surface area contributed by atoms with Gasteiger partial charge < -0.3 is 24.2 Å². The summed E-state index contributed by atoms with van der Waals surface area (Å²) >= 11 is 0. The molecular formula is C67H48BN5. The molecule has 5 nitrogen and oxygen atoms in total. The lowest BCUT2D eigenvalue weighted by Gasteiger charge is -2.42. The molecular weight excluding hydrogens is 886 g/mol. The molecule has 1 aromatic heterocycles. The fraction of sp³-hybridized carbons (Fsp3) is 0.0149. The van der Waals surface area contributed by atoms with E-state index in [1.807, 2.05) is 0 Å². The van der Waals surface area contributed by atoms with Crippen LogP contribution in [0.25, 0.3) is 27.5 Å². The average molecular weight is 934 g/mol. The van der Waals surface area contributed by atoms with Crippen molar-refractivity contribution in [3.63, 3.8) is 0 Å². The van der Waals surface area contributed by atoms with Gasteiger partial charge in [-0.1, -0.05) is 139 Å². The normalized spacial score (nSPS) is 12.1. The van der Waals surface area contributed by atoms with Gasteiger partial charge in [-0.3, -0.25) is 0 Å². The molecule has 0 unspecified atom stereocenters. The van der Waals surface area contributed by atoms with Crippen LogP contribution < -0.4 is 36.0 Å². The van der Waals surface area contributed by atoms with Gasteiger partial charge in [-0.2, -0.15) is 0 Å². The van der Waals surface area contributed by atoms with Gasteiger partial charge in [-0.15, -0.1) is 0 Å². The van der Waals surface area contributed by atoms with Crippen molar-refractivity contribution in [2.75, 3.05) is 19.6 Å². The quantitative estimate of drug-likeness (QED) is 0.127. The van der Waals surface area contributed by atoms with Gasteiger partial charge in [-0.05, 0) is 163 Å². The van der Waals surface area contributed by atoms with Gasteiger partial charge in [0.15, 0.2) is 0 Å². The zero-order chi connectivity index (χ0) is 48.4. The molecule has 2 aliphatic rings. The first-order valence-electron chi connectivity index (χ1n) is 25.1. The number of hydrogen-bond donors (Lipinski definition) is 0. The van der Waals surface area contributed by atoms with Gasteiger partial charge >= 0.3 is 0 Å². The average Bonchev–Trinajstić information content (AvgIpc) is 3.85. The zero-order valence-corrected chi connectivity index (χ0v) is 40.3. The van der Waals surface area contributed by atoms with E-state index in [4.69, 9.17) is 0 Å².